The molecule has 31 heavy (non-hydrogen) atoms. The number of halogens is 3. The van der Waals surface area contributed by atoms with E-state index >= 15 is 0 Å². The Bertz CT molecular complexity index is 1190. The first-order chi connectivity index (χ1) is 14.8. The van der Waals surface area contributed by atoms with Gasteiger partial charge < -0.3 is 16.8 Å². The molecule has 0 saturated heterocycles. The van der Waals surface area contributed by atoms with E-state index in [4.69, 9.17) is 11.5 Å². The van der Waals surface area contributed by atoms with E-state index in [1.54, 1.807) is 18.3 Å². The van der Waals surface area contributed by atoms with Crippen LogP contribution in [0.15, 0.2) is 54.0 Å². The summed E-state index contributed by atoms with van der Waals surface area (Å²) >= 11 is 1.51. The van der Waals surface area contributed by atoms with E-state index in [9.17, 15) is 13.2 Å². The molecule has 0 spiro atoms. The minimum absolute atomic E-state index is 0.318. The van der Waals surface area contributed by atoms with Gasteiger partial charge in [0.1, 0.15) is 11.6 Å². The molecule has 0 fully saturated rings. The zero-order valence-electron chi connectivity index (χ0n) is 16.2. The van der Waals surface area contributed by atoms with Crippen LogP contribution in [-0.2, 0) is 12.6 Å². The van der Waals surface area contributed by atoms with Crippen molar-refractivity contribution in [3.05, 3.63) is 65.2 Å². The third-order valence-corrected chi connectivity index (χ3v) is 5.56. The highest BCUT2D eigenvalue weighted by atomic mass is 32.1. The number of benzene rings is 1. The van der Waals surface area contributed by atoms with Gasteiger partial charge in [0, 0.05) is 24.3 Å². The molecule has 0 unspecified atom stereocenters. The molecule has 0 amide bonds. The van der Waals surface area contributed by atoms with Crippen LogP contribution in [0.1, 0.15) is 11.1 Å². The molecule has 1 aromatic carbocycles. The summed E-state index contributed by atoms with van der Waals surface area (Å²) in [6, 6.07) is 10.1. The predicted molar refractivity (Wildman–Crippen MR) is 117 cm³/mol. The maximum absolute atomic E-state index is 12.7. The van der Waals surface area contributed by atoms with Crippen molar-refractivity contribution in [2.75, 3.05) is 17.6 Å². The van der Waals surface area contributed by atoms with Crippen molar-refractivity contribution in [3.8, 4) is 11.4 Å². The standard InChI is InChI=1S/C21H19F3N6S/c22-21(23,24)14-3-1-12(2-4-14)9-15(25)11-28-20-18-16(6-8-31-18)29-19(30-20)13-5-7-27-17(26)10-13/h1-8,10,15H,9,11,25H2,(H2,26,27)(H,28,29,30)/t15-/m0/s1. The molecule has 0 saturated carbocycles. The molecule has 5 N–H and O–H groups in total. The maximum atomic E-state index is 12.7. The van der Waals surface area contributed by atoms with E-state index in [0.29, 0.717) is 30.4 Å². The normalized spacial score (nSPS) is 12.8. The lowest BCUT2D eigenvalue weighted by Crippen LogP contribution is -2.31. The van der Waals surface area contributed by atoms with Crippen molar-refractivity contribution in [2.24, 2.45) is 5.73 Å². The average Bonchev–Trinajstić information content (AvgIpc) is 3.20. The van der Waals surface area contributed by atoms with Crippen LogP contribution in [-0.4, -0.2) is 27.5 Å². The number of nitrogen functional groups attached to an aromatic ring is 1. The first kappa shape index (κ1) is 21.0. The van der Waals surface area contributed by atoms with E-state index in [2.05, 4.69) is 20.3 Å². The van der Waals surface area contributed by atoms with Crippen molar-refractivity contribution in [3.63, 3.8) is 0 Å². The summed E-state index contributed by atoms with van der Waals surface area (Å²) < 4.78 is 39.0. The first-order valence-electron chi connectivity index (χ1n) is 9.42. The molecule has 3 aromatic heterocycles. The second-order valence-electron chi connectivity index (χ2n) is 7.04. The van der Waals surface area contributed by atoms with Crippen molar-refractivity contribution in [1.29, 1.82) is 0 Å². The summed E-state index contributed by atoms with van der Waals surface area (Å²) in [5.41, 5.74) is 13.6. The molecular weight excluding hydrogens is 425 g/mol. The monoisotopic (exact) mass is 444 g/mol. The molecule has 3 heterocycles. The zero-order chi connectivity index (χ0) is 22.0. The summed E-state index contributed by atoms with van der Waals surface area (Å²) in [6.07, 6.45) is -2.32. The first-order valence-corrected chi connectivity index (χ1v) is 10.3. The molecule has 0 aliphatic rings. The van der Waals surface area contributed by atoms with Crippen molar-refractivity contribution in [2.45, 2.75) is 18.6 Å². The molecule has 160 valence electrons. The van der Waals surface area contributed by atoms with E-state index < -0.39 is 11.7 Å². The molecule has 4 aromatic rings. The number of anilines is 2. The lowest BCUT2D eigenvalue weighted by molar-refractivity contribution is -0.137. The molecule has 0 radical (unpaired) electrons. The SMILES string of the molecule is Nc1cc(-c2nc(NC[C@@H](N)Cc3ccc(C(F)(F)F)cc3)c3sccc3n2)ccn1. The number of hydrogen-bond acceptors (Lipinski definition) is 7. The van der Waals surface area contributed by atoms with Crippen LogP contribution < -0.4 is 16.8 Å². The number of nitrogens with one attached hydrogen (secondary N) is 1. The van der Waals surface area contributed by atoms with E-state index in [1.807, 2.05) is 11.4 Å². The number of aromatic nitrogens is 3. The van der Waals surface area contributed by atoms with Gasteiger partial charge in [-0.05, 0) is 47.7 Å². The number of hydrogen-bond donors (Lipinski definition) is 3. The Hall–Kier alpha value is -3.24. The van der Waals surface area contributed by atoms with Crippen LogP contribution in [0.5, 0.6) is 0 Å². The smallest absolute Gasteiger partial charge is 0.384 e. The van der Waals surface area contributed by atoms with E-state index in [0.717, 1.165) is 33.5 Å². The minimum atomic E-state index is -4.35. The fraction of sp³-hybridized carbons (Fsp3) is 0.190. The number of nitrogens with zero attached hydrogens (tertiary/aromatic N) is 3. The molecule has 10 heteroatoms. The van der Waals surface area contributed by atoms with Crippen molar-refractivity contribution >= 4 is 33.2 Å². The highest BCUT2D eigenvalue weighted by molar-refractivity contribution is 7.17. The van der Waals surface area contributed by atoms with Crippen LogP contribution in [0.2, 0.25) is 0 Å². The number of fused-ring (bicyclic) bond motifs is 1. The number of rotatable bonds is 6. The van der Waals surface area contributed by atoms with Crippen LogP contribution >= 0.6 is 11.3 Å². The second kappa shape index (κ2) is 8.48. The zero-order valence-corrected chi connectivity index (χ0v) is 17.0. The third-order valence-electron chi connectivity index (χ3n) is 4.65. The third kappa shape index (κ3) is 4.92. The second-order valence-corrected chi connectivity index (χ2v) is 7.96. The lowest BCUT2D eigenvalue weighted by atomic mass is 10.0. The van der Waals surface area contributed by atoms with Gasteiger partial charge in [-0.25, -0.2) is 15.0 Å². The van der Waals surface area contributed by atoms with Crippen molar-refractivity contribution < 1.29 is 13.2 Å². The molecule has 4 rings (SSSR count). The minimum Gasteiger partial charge on any atom is -0.384 e. The van der Waals surface area contributed by atoms with Crippen LogP contribution in [0.4, 0.5) is 24.8 Å². The Morgan fingerprint density at radius 1 is 1.06 bits per heavy atom. The fourth-order valence-electron chi connectivity index (χ4n) is 3.13. The van der Waals surface area contributed by atoms with Crippen LogP contribution in [0, 0.1) is 0 Å². The summed E-state index contributed by atoms with van der Waals surface area (Å²) in [4.78, 5) is 13.2. The molecular formula is C21H19F3N6S. The molecule has 0 aliphatic heterocycles. The molecule has 6 nitrogen and oxygen atoms in total. The van der Waals surface area contributed by atoms with Gasteiger partial charge in [0.2, 0.25) is 0 Å². The summed E-state index contributed by atoms with van der Waals surface area (Å²) in [5, 5.41) is 5.19. The summed E-state index contributed by atoms with van der Waals surface area (Å²) in [5.74, 6) is 1.53. The highest BCUT2D eigenvalue weighted by Gasteiger charge is 2.29. The summed E-state index contributed by atoms with van der Waals surface area (Å²) in [7, 11) is 0. The Morgan fingerprint density at radius 3 is 2.55 bits per heavy atom. The quantitative estimate of drug-likeness (QED) is 0.409. The topological polar surface area (TPSA) is 103 Å². The van der Waals surface area contributed by atoms with Crippen LogP contribution in [0.25, 0.3) is 21.6 Å². The molecule has 1 atom stereocenters. The fourth-order valence-corrected chi connectivity index (χ4v) is 3.93. The predicted octanol–water partition coefficient (Wildman–Crippen LogP) is 4.34. The average molecular weight is 444 g/mol. The Labute approximate surface area is 180 Å². The van der Waals surface area contributed by atoms with Gasteiger partial charge in [-0.2, -0.15) is 13.2 Å². The van der Waals surface area contributed by atoms with Gasteiger partial charge in [0.05, 0.1) is 15.8 Å². The summed E-state index contributed by atoms with van der Waals surface area (Å²) in [6.45, 7) is 0.392. The van der Waals surface area contributed by atoms with Crippen molar-refractivity contribution in [1.82, 2.24) is 15.0 Å². The maximum Gasteiger partial charge on any atom is 0.416 e. The van der Waals surface area contributed by atoms with Crippen LogP contribution in [0.3, 0.4) is 0 Å². The highest BCUT2D eigenvalue weighted by Crippen LogP contribution is 2.30. The largest absolute Gasteiger partial charge is 0.416 e. The van der Waals surface area contributed by atoms with Gasteiger partial charge in [-0.1, -0.05) is 12.1 Å². The number of thiophene rings is 1. The number of nitrogens with two attached hydrogens (primary N) is 2. The van der Waals surface area contributed by atoms with Gasteiger partial charge >= 0.3 is 6.18 Å². The van der Waals surface area contributed by atoms with Gasteiger partial charge in [0.25, 0.3) is 0 Å². The van der Waals surface area contributed by atoms with Gasteiger partial charge in [-0.3, -0.25) is 0 Å². The molecule has 0 bridgehead atoms. The number of pyridine rings is 1. The number of alkyl halides is 3. The van der Waals surface area contributed by atoms with E-state index in [1.165, 1.54) is 23.5 Å². The molecule has 0 aliphatic carbocycles. The Kier molecular flexibility index (Phi) is 5.75. The van der Waals surface area contributed by atoms with Gasteiger partial charge in [0.15, 0.2) is 5.82 Å². The van der Waals surface area contributed by atoms with Gasteiger partial charge in [-0.15, -0.1) is 11.3 Å². The Morgan fingerprint density at radius 2 is 1.84 bits per heavy atom. The Balaban J connectivity index is 1.49. The van der Waals surface area contributed by atoms with E-state index in [-0.39, 0.29) is 6.04 Å². The lowest BCUT2D eigenvalue weighted by Gasteiger charge is -2.15.